The van der Waals surface area contributed by atoms with Crippen LogP contribution in [0, 0.1) is 5.92 Å². The molecule has 0 saturated heterocycles. The van der Waals surface area contributed by atoms with Crippen molar-refractivity contribution in [1.82, 2.24) is 0 Å². The molecule has 0 saturated carbocycles. The minimum absolute atomic E-state index is 0.246. The summed E-state index contributed by atoms with van der Waals surface area (Å²) in [4.78, 5) is 11.1. The molecule has 6 heteroatoms. The fourth-order valence-corrected chi connectivity index (χ4v) is 1.82. The molecular formula is C12H16Cl2LiO2P. The van der Waals surface area contributed by atoms with Crippen molar-refractivity contribution in [3.05, 3.63) is 27.7 Å². The molecule has 0 N–H and O–H groups in total. The van der Waals surface area contributed by atoms with Gasteiger partial charge in [0.2, 0.25) is 0 Å². The van der Waals surface area contributed by atoms with E-state index in [1.165, 1.54) is 12.2 Å². The Hall–Kier alpha value is 0.297. The molecule has 96 valence electrons. The summed E-state index contributed by atoms with van der Waals surface area (Å²) < 4.78 is 4.97. The van der Waals surface area contributed by atoms with Gasteiger partial charge < -0.3 is 4.74 Å². The van der Waals surface area contributed by atoms with E-state index in [-0.39, 0.29) is 5.52 Å². The molecule has 0 aliphatic rings. The summed E-state index contributed by atoms with van der Waals surface area (Å²) in [6, 6.07) is 3.14. The third kappa shape index (κ3) is 5.96. The van der Waals surface area contributed by atoms with Crippen molar-refractivity contribution < 1.29 is 9.53 Å². The predicted octanol–water partition coefficient (Wildman–Crippen LogP) is 4.25. The van der Waals surface area contributed by atoms with Gasteiger partial charge in [-0.15, -0.1) is 0 Å². The van der Waals surface area contributed by atoms with Gasteiger partial charge in [0.25, 0.3) is 0 Å². The number of hydrogen-bond donors (Lipinski definition) is 0. The van der Waals surface area contributed by atoms with Crippen LogP contribution in [-0.2, 0) is 0 Å². The van der Waals surface area contributed by atoms with Gasteiger partial charge >= 0.3 is 42.6 Å². The number of methoxy groups -OCH3 is 1. The number of ether oxygens (including phenoxy) is 1. The third-order valence-electron chi connectivity index (χ3n) is 2.33. The van der Waals surface area contributed by atoms with Gasteiger partial charge in [-0.25, -0.2) is 0 Å². The Bertz CT molecular complexity index is 411. The summed E-state index contributed by atoms with van der Waals surface area (Å²) in [6.07, 6.45) is 0. The Labute approximate surface area is 130 Å². The molecule has 1 aromatic rings. The van der Waals surface area contributed by atoms with E-state index in [9.17, 15) is 4.79 Å². The van der Waals surface area contributed by atoms with Crippen LogP contribution in [0.5, 0.6) is 5.75 Å². The van der Waals surface area contributed by atoms with Gasteiger partial charge in [0.15, 0.2) is 5.52 Å². The average molecular weight is 301 g/mol. The van der Waals surface area contributed by atoms with Gasteiger partial charge in [-0.1, -0.05) is 32.4 Å². The van der Waals surface area contributed by atoms with Crippen molar-refractivity contribution in [3.8, 4) is 5.75 Å². The van der Waals surface area contributed by atoms with Crippen LogP contribution in [-0.4, -0.2) is 30.3 Å². The Morgan fingerprint density at radius 3 is 2.11 bits per heavy atom. The van der Waals surface area contributed by atoms with Gasteiger partial charge in [0, 0.05) is 0 Å². The molecule has 1 unspecified atom stereocenters. The normalized spacial score (nSPS) is 9.83. The molecule has 1 aromatic carbocycles. The number of hydrogen-bond acceptors (Lipinski definition) is 2. The summed E-state index contributed by atoms with van der Waals surface area (Å²) >= 11 is 13.8. The van der Waals surface area contributed by atoms with Gasteiger partial charge in [-0.05, 0) is 12.1 Å². The van der Waals surface area contributed by atoms with E-state index < -0.39 is 0 Å². The van der Waals surface area contributed by atoms with Crippen molar-refractivity contribution in [2.24, 2.45) is 5.92 Å². The molecule has 1 atom stereocenters. The Morgan fingerprint density at radius 1 is 1.39 bits per heavy atom. The zero-order valence-corrected chi connectivity index (χ0v) is 13.8. The molecule has 0 bridgehead atoms. The first-order chi connectivity index (χ1) is 8.34. The predicted molar refractivity (Wildman–Crippen MR) is 82.5 cm³/mol. The van der Waals surface area contributed by atoms with Gasteiger partial charge in [-0.3, -0.25) is 4.79 Å². The molecule has 0 aromatic heterocycles. The molecule has 0 fully saturated rings. The second-order valence-corrected chi connectivity index (χ2v) is 5.44. The average Bonchev–Trinajstić information content (AvgIpc) is 2.31. The SMILES string of the molecule is COc1c(Cl)ccc(Cl)c1C(=O)P.[Li][CH2]C(C)C. The summed E-state index contributed by atoms with van der Waals surface area (Å²) in [6.45, 7) is 4.44. The molecule has 0 amide bonds. The molecule has 1 rings (SSSR count). The second-order valence-electron chi connectivity index (χ2n) is 4.10. The maximum atomic E-state index is 11.1. The first-order valence-electron chi connectivity index (χ1n) is 5.66. The molecule has 2 nitrogen and oxygen atoms in total. The van der Waals surface area contributed by atoms with E-state index in [1.54, 1.807) is 12.1 Å². The Morgan fingerprint density at radius 2 is 1.83 bits per heavy atom. The summed E-state index contributed by atoms with van der Waals surface area (Å²) in [5, 5.41) is 2.01. The number of halogens is 2. The fourth-order valence-electron chi connectivity index (χ4n) is 0.962. The first kappa shape index (κ1) is 18.3. The monoisotopic (exact) mass is 300 g/mol. The van der Waals surface area contributed by atoms with Crippen LogP contribution in [0.1, 0.15) is 24.2 Å². The van der Waals surface area contributed by atoms with Crippen LogP contribution in [0.3, 0.4) is 0 Å². The van der Waals surface area contributed by atoms with E-state index in [4.69, 9.17) is 27.9 Å². The Kier molecular flexibility index (Phi) is 9.39. The van der Waals surface area contributed by atoms with Crippen LogP contribution in [0.4, 0.5) is 0 Å². The van der Waals surface area contributed by atoms with Gasteiger partial charge in [0.05, 0.1) is 22.7 Å². The number of benzene rings is 1. The van der Waals surface area contributed by atoms with Crippen molar-refractivity contribution in [2.45, 2.75) is 18.9 Å². The van der Waals surface area contributed by atoms with Crippen molar-refractivity contribution in [3.63, 3.8) is 0 Å². The molecule has 0 aliphatic heterocycles. The quantitative estimate of drug-likeness (QED) is 0.616. The molecule has 0 radical (unpaired) electrons. The summed E-state index contributed by atoms with van der Waals surface area (Å²) in [5.74, 6) is 1.20. The zero-order valence-electron chi connectivity index (χ0n) is 11.1. The molecular weight excluding hydrogens is 285 g/mol. The minimum atomic E-state index is -0.246. The first-order valence-corrected chi connectivity index (χ1v) is 7.00. The molecule has 0 spiro atoms. The second kappa shape index (κ2) is 9.24. The van der Waals surface area contributed by atoms with E-state index in [1.807, 2.05) is 9.24 Å². The van der Waals surface area contributed by atoms with Crippen molar-refractivity contribution >= 4 is 55.7 Å². The molecule has 0 aliphatic carbocycles. The number of rotatable bonds is 3. The summed E-state index contributed by atoms with van der Waals surface area (Å²) in [5.41, 5.74) is 0.0472. The summed E-state index contributed by atoms with van der Waals surface area (Å²) in [7, 11) is 3.47. The van der Waals surface area contributed by atoms with Crippen LogP contribution >= 0.6 is 32.4 Å². The van der Waals surface area contributed by atoms with Gasteiger partial charge in [0.1, 0.15) is 5.75 Å². The fraction of sp³-hybridized carbons (Fsp3) is 0.417. The van der Waals surface area contributed by atoms with Crippen LogP contribution in [0.25, 0.3) is 0 Å². The van der Waals surface area contributed by atoms with E-state index in [0.29, 0.717) is 21.4 Å². The van der Waals surface area contributed by atoms with Crippen LogP contribution < -0.4 is 4.74 Å². The standard InChI is InChI=1S/C8H7Cl2O2P.C4H9.Li/c1-12-7-5(10)3-2-4(9)6(7)8(11)13;1-4(2)3;/h2-3H,13H2,1H3;4H,1H2,2-3H3;. The molecule has 18 heavy (non-hydrogen) atoms. The molecule has 0 heterocycles. The van der Waals surface area contributed by atoms with Crippen molar-refractivity contribution in [1.29, 1.82) is 0 Å². The topological polar surface area (TPSA) is 26.3 Å². The zero-order chi connectivity index (χ0) is 14.3. The van der Waals surface area contributed by atoms with Crippen molar-refractivity contribution in [2.75, 3.05) is 7.11 Å². The number of carbonyl (C=O) groups is 1. The number of carbonyl (C=O) groups excluding carboxylic acids is 1. The van der Waals surface area contributed by atoms with E-state index in [2.05, 4.69) is 31.6 Å². The Balaban J connectivity index is 0.000000494. The van der Waals surface area contributed by atoms with Crippen LogP contribution in [0.2, 0.25) is 15.1 Å². The van der Waals surface area contributed by atoms with Gasteiger partial charge in [-0.2, -0.15) is 0 Å². The van der Waals surface area contributed by atoms with E-state index >= 15 is 0 Å². The maximum absolute atomic E-state index is 11.1. The third-order valence-corrected chi connectivity index (χ3v) is 3.23. The van der Waals surface area contributed by atoms with Crippen LogP contribution in [0.15, 0.2) is 12.1 Å². The van der Waals surface area contributed by atoms with E-state index in [0.717, 1.165) is 5.92 Å².